The second-order valence-electron chi connectivity index (χ2n) is 7.62. The molecule has 3 nitrogen and oxygen atoms in total. The van der Waals surface area contributed by atoms with Gasteiger partial charge in [-0.25, -0.2) is 0 Å². The van der Waals surface area contributed by atoms with Crippen LogP contribution in [0.2, 0.25) is 0 Å². The molecule has 5 aromatic carbocycles. The Bertz CT molecular complexity index is 1760. The molecule has 0 bridgehead atoms. The molecule has 6 rings (SSSR count). The van der Waals surface area contributed by atoms with Gasteiger partial charge in [0.15, 0.2) is 0 Å². The molecule has 0 amide bonds. The Morgan fingerprint density at radius 1 is 0.548 bits per heavy atom. The van der Waals surface area contributed by atoms with Crippen molar-refractivity contribution in [3.05, 3.63) is 102 Å². The predicted octanol–water partition coefficient (Wildman–Crippen LogP) is 6.83. The largest absolute Gasteiger partial charge is 0.309 e. The maximum atomic E-state index is 9.60. The van der Waals surface area contributed by atoms with Crippen LogP contribution in [0.25, 0.3) is 49.0 Å². The molecule has 0 radical (unpaired) electrons. The van der Waals surface area contributed by atoms with Crippen molar-refractivity contribution in [1.82, 2.24) is 4.57 Å². The first kappa shape index (κ1) is 17.3. The summed E-state index contributed by atoms with van der Waals surface area (Å²) in [6.07, 6.45) is 0. The van der Waals surface area contributed by atoms with Crippen LogP contribution in [0.1, 0.15) is 11.1 Å². The van der Waals surface area contributed by atoms with E-state index in [1.807, 2.05) is 18.2 Å². The molecule has 6 aromatic rings. The van der Waals surface area contributed by atoms with E-state index in [0.717, 1.165) is 22.1 Å². The summed E-state index contributed by atoms with van der Waals surface area (Å²) < 4.78 is 2.22. The molecule has 0 N–H and O–H groups in total. The third kappa shape index (κ3) is 2.32. The Labute approximate surface area is 178 Å². The second-order valence-corrected chi connectivity index (χ2v) is 7.62. The van der Waals surface area contributed by atoms with Gasteiger partial charge in [-0.15, -0.1) is 0 Å². The van der Waals surface area contributed by atoms with Crippen molar-refractivity contribution in [3.8, 4) is 17.8 Å². The lowest BCUT2D eigenvalue weighted by Crippen LogP contribution is -1.97. The fourth-order valence-corrected chi connectivity index (χ4v) is 4.76. The van der Waals surface area contributed by atoms with Crippen molar-refractivity contribution < 1.29 is 0 Å². The van der Waals surface area contributed by atoms with Gasteiger partial charge >= 0.3 is 0 Å². The number of para-hydroxylation sites is 1. The van der Waals surface area contributed by atoms with E-state index in [2.05, 4.69) is 83.4 Å². The van der Waals surface area contributed by atoms with Gasteiger partial charge in [0.25, 0.3) is 0 Å². The number of aromatic nitrogens is 1. The maximum absolute atomic E-state index is 9.60. The van der Waals surface area contributed by atoms with Gasteiger partial charge in [-0.3, -0.25) is 0 Å². The highest BCUT2D eigenvalue weighted by Crippen LogP contribution is 2.42. The lowest BCUT2D eigenvalue weighted by atomic mass is 9.97. The molecule has 0 aliphatic heterocycles. The van der Waals surface area contributed by atoms with Crippen molar-refractivity contribution in [1.29, 1.82) is 10.5 Å². The predicted molar refractivity (Wildman–Crippen MR) is 125 cm³/mol. The Kier molecular flexibility index (Phi) is 3.60. The fourth-order valence-electron chi connectivity index (χ4n) is 4.76. The van der Waals surface area contributed by atoms with E-state index in [4.69, 9.17) is 0 Å². The van der Waals surface area contributed by atoms with Crippen LogP contribution in [0.4, 0.5) is 0 Å². The zero-order valence-corrected chi connectivity index (χ0v) is 16.5. The maximum Gasteiger partial charge on any atom is 0.101 e. The smallest absolute Gasteiger partial charge is 0.101 e. The van der Waals surface area contributed by atoms with Crippen molar-refractivity contribution in [3.63, 3.8) is 0 Å². The zero-order valence-electron chi connectivity index (χ0n) is 16.5. The van der Waals surface area contributed by atoms with E-state index >= 15 is 0 Å². The highest BCUT2D eigenvalue weighted by Gasteiger charge is 2.18. The molecular weight excluding hydrogens is 378 g/mol. The van der Waals surface area contributed by atoms with Crippen LogP contribution in [-0.4, -0.2) is 4.57 Å². The molecule has 0 spiro atoms. The van der Waals surface area contributed by atoms with Crippen molar-refractivity contribution in [2.24, 2.45) is 0 Å². The van der Waals surface area contributed by atoms with E-state index in [9.17, 15) is 10.5 Å². The van der Waals surface area contributed by atoms with Gasteiger partial charge in [-0.05, 0) is 40.4 Å². The summed E-state index contributed by atoms with van der Waals surface area (Å²) in [6, 6.07) is 35.1. The molecule has 0 atom stereocenters. The van der Waals surface area contributed by atoms with Crippen molar-refractivity contribution in [2.45, 2.75) is 0 Å². The van der Waals surface area contributed by atoms with Gasteiger partial charge in [-0.2, -0.15) is 10.5 Å². The molecular formula is C28H15N3. The summed E-state index contributed by atoms with van der Waals surface area (Å²) in [5, 5.41) is 26.1. The topological polar surface area (TPSA) is 52.5 Å². The molecule has 0 aliphatic rings. The molecule has 1 heterocycles. The number of benzene rings is 5. The van der Waals surface area contributed by atoms with Crippen LogP contribution >= 0.6 is 0 Å². The van der Waals surface area contributed by atoms with Gasteiger partial charge < -0.3 is 4.57 Å². The van der Waals surface area contributed by atoms with E-state index in [-0.39, 0.29) is 0 Å². The first-order valence-electron chi connectivity index (χ1n) is 10.1. The Hall–Kier alpha value is -4.60. The molecule has 0 saturated carbocycles. The summed E-state index contributed by atoms with van der Waals surface area (Å²) in [7, 11) is 0. The average molecular weight is 393 g/mol. The van der Waals surface area contributed by atoms with Crippen molar-refractivity contribution >= 4 is 43.4 Å². The van der Waals surface area contributed by atoms with Crippen LogP contribution in [0, 0.1) is 22.7 Å². The lowest BCUT2D eigenvalue weighted by molar-refractivity contribution is 1.18. The summed E-state index contributed by atoms with van der Waals surface area (Å²) in [4.78, 5) is 0. The van der Waals surface area contributed by atoms with E-state index < -0.39 is 0 Å². The van der Waals surface area contributed by atoms with Gasteiger partial charge in [0, 0.05) is 21.8 Å². The van der Waals surface area contributed by atoms with Crippen LogP contribution in [0.15, 0.2) is 91.0 Å². The first-order valence-corrected chi connectivity index (χ1v) is 10.1. The van der Waals surface area contributed by atoms with Crippen LogP contribution in [0.5, 0.6) is 0 Å². The van der Waals surface area contributed by atoms with Gasteiger partial charge in [0.2, 0.25) is 0 Å². The molecule has 1 aromatic heterocycles. The SMILES string of the molecule is N#Cc1ccc(-n2c3ccccc3c3c4ccccc4c4ccccc4c32)cc1C#N. The summed E-state index contributed by atoms with van der Waals surface area (Å²) in [5.74, 6) is 0. The molecule has 142 valence electrons. The van der Waals surface area contributed by atoms with E-state index in [1.165, 1.54) is 26.9 Å². The number of hydrogen-bond acceptors (Lipinski definition) is 2. The highest BCUT2D eigenvalue weighted by atomic mass is 15.0. The Balaban J connectivity index is 1.92. The summed E-state index contributed by atoms with van der Waals surface area (Å²) >= 11 is 0. The second kappa shape index (κ2) is 6.46. The molecule has 0 aliphatic carbocycles. The van der Waals surface area contributed by atoms with Crippen LogP contribution < -0.4 is 0 Å². The zero-order chi connectivity index (χ0) is 20.9. The fraction of sp³-hybridized carbons (Fsp3) is 0. The highest BCUT2D eigenvalue weighted by molar-refractivity contribution is 6.32. The molecule has 0 fully saturated rings. The van der Waals surface area contributed by atoms with Gasteiger partial charge in [0.1, 0.15) is 12.1 Å². The minimum atomic E-state index is 0.385. The summed E-state index contributed by atoms with van der Waals surface area (Å²) in [5.41, 5.74) is 3.84. The minimum Gasteiger partial charge on any atom is -0.309 e. The van der Waals surface area contributed by atoms with Crippen molar-refractivity contribution in [2.75, 3.05) is 0 Å². The Morgan fingerprint density at radius 3 is 1.84 bits per heavy atom. The van der Waals surface area contributed by atoms with E-state index in [1.54, 1.807) is 6.07 Å². The standard InChI is InChI=1S/C28H15N3/c29-16-18-13-14-20(15-19(18)17-30)31-26-12-6-5-11-25(26)27-23-9-3-1-7-21(23)22-8-2-4-10-24(22)28(27)31/h1-15H. The quantitative estimate of drug-likeness (QED) is 0.287. The normalized spacial score (nSPS) is 11.2. The van der Waals surface area contributed by atoms with Gasteiger partial charge in [0.05, 0.1) is 22.2 Å². The van der Waals surface area contributed by atoms with Crippen LogP contribution in [0.3, 0.4) is 0 Å². The third-order valence-corrected chi connectivity index (χ3v) is 6.05. The van der Waals surface area contributed by atoms with Gasteiger partial charge in [-0.1, -0.05) is 66.7 Å². The Morgan fingerprint density at radius 2 is 1.13 bits per heavy atom. The number of nitrogens with zero attached hydrogens (tertiary/aromatic N) is 3. The third-order valence-electron chi connectivity index (χ3n) is 6.05. The molecule has 0 unspecified atom stereocenters. The van der Waals surface area contributed by atoms with E-state index in [0.29, 0.717) is 11.1 Å². The average Bonchev–Trinajstić information content (AvgIpc) is 3.19. The van der Waals surface area contributed by atoms with Crippen LogP contribution in [-0.2, 0) is 0 Å². The monoisotopic (exact) mass is 393 g/mol. The number of hydrogen-bond donors (Lipinski definition) is 0. The lowest BCUT2D eigenvalue weighted by Gasteiger charge is -2.12. The molecule has 0 saturated heterocycles. The minimum absolute atomic E-state index is 0.385. The number of fused-ring (bicyclic) bond motifs is 8. The molecule has 3 heteroatoms. The number of rotatable bonds is 1. The summed E-state index contributed by atoms with van der Waals surface area (Å²) in [6.45, 7) is 0. The number of nitriles is 2. The first-order chi connectivity index (χ1) is 15.3. The molecule has 31 heavy (non-hydrogen) atoms.